The Morgan fingerprint density at radius 1 is 1.47 bits per heavy atom. The van der Waals surface area contributed by atoms with Crippen LogP contribution in [0.25, 0.3) is 11.0 Å². The molecule has 1 aromatic heterocycles. The Morgan fingerprint density at radius 2 is 2.20 bits per heavy atom. The number of hydrogen-bond donors (Lipinski definition) is 0. The summed E-state index contributed by atoms with van der Waals surface area (Å²) in [4.78, 5) is 4.35. The van der Waals surface area contributed by atoms with Crippen molar-refractivity contribution in [3.8, 4) is 0 Å². The van der Waals surface area contributed by atoms with Crippen LogP contribution in [0.2, 0.25) is 0 Å². The van der Waals surface area contributed by atoms with E-state index in [1.807, 2.05) is 24.5 Å². The SMILES string of the molecule is CSc1c(CCl)nc2ccccc2[n+]1[O-]. The zero-order valence-electron chi connectivity index (χ0n) is 8.11. The molecule has 2 rings (SSSR count). The third-order valence-corrected chi connectivity index (χ3v) is 3.15. The average Bonchev–Trinajstić information content (AvgIpc) is 2.29. The van der Waals surface area contributed by atoms with Gasteiger partial charge < -0.3 is 5.21 Å². The van der Waals surface area contributed by atoms with E-state index < -0.39 is 0 Å². The molecule has 2 aromatic rings. The van der Waals surface area contributed by atoms with E-state index in [0.29, 0.717) is 21.8 Å². The maximum absolute atomic E-state index is 11.9. The van der Waals surface area contributed by atoms with Gasteiger partial charge in [-0.3, -0.25) is 0 Å². The minimum Gasteiger partial charge on any atom is -0.617 e. The van der Waals surface area contributed by atoms with E-state index in [1.54, 1.807) is 6.07 Å². The van der Waals surface area contributed by atoms with Crippen LogP contribution in [-0.2, 0) is 5.88 Å². The number of fused-ring (bicyclic) bond motifs is 1. The molecule has 0 aliphatic carbocycles. The third-order valence-electron chi connectivity index (χ3n) is 2.11. The molecule has 15 heavy (non-hydrogen) atoms. The third kappa shape index (κ3) is 1.75. The second-order valence-electron chi connectivity index (χ2n) is 2.98. The van der Waals surface area contributed by atoms with Gasteiger partial charge in [0.2, 0.25) is 5.52 Å². The molecule has 0 unspecified atom stereocenters. The highest BCUT2D eigenvalue weighted by Gasteiger charge is 2.16. The van der Waals surface area contributed by atoms with Crippen molar-refractivity contribution >= 4 is 34.4 Å². The number of aromatic nitrogens is 2. The van der Waals surface area contributed by atoms with Crippen LogP contribution in [0, 0.1) is 5.21 Å². The monoisotopic (exact) mass is 240 g/mol. The van der Waals surface area contributed by atoms with Crippen molar-refractivity contribution < 1.29 is 4.73 Å². The number of rotatable bonds is 2. The first-order valence-electron chi connectivity index (χ1n) is 4.39. The largest absolute Gasteiger partial charge is 0.617 e. The molecule has 1 aromatic carbocycles. The fourth-order valence-electron chi connectivity index (χ4n) is 1.44. The van der Waals surface area contributed by atoms with Crippen LogP contribution in [0.5, 0.6) is 0 Å². The Morgan fingerprint density at radius 3 is 2.87 bits per heavy atom. The summed E-state index contributed by atoms with van der Waals surface area (Å²) in [5, 5.41) is 12.5. The van der Waals surface area contributed by atoms with Crippen molar-refractivity contribution in [2.75, 3.05) is 6.26 Å². The molecule has 1 heterocycles. The highest BCUT2D eigenvalue weighted by Crippen LogP contribution is 2.19. The van der Waals surface area contributed by atoms with Crippen LogP contribution >= 0.6 is 23.4 Å². The molecular formula is C10H9ClN2OS. The average molecular weight is 241 g/mol. The van der Waals surface area contributed by atoms with Crippen LogP contribution in [0.15, 0.2) is 29.3 Å². The lowest BCUT2D eigenvalue weighted by Crippen LogP contribution is -2.32. The zero-order chi connectivity index (χ0) is 10.8. The predicted octanol–water partition coefficient (Wildman–Crippen LogP) is 2.33. The van der Waals surface area contributed by atoms with E-state index >= 15 is 0 Å². The van der Waals surface area contributed by atoms with Crippen LogP contribution < -0.4 is 4.73 Å². The molecule has 0 bridgehead atoms. The first kappa shape index (κ1) is 10.5. The Bertz CT molecular complexity index is 504. The van der Waals surface area contributed by atoms with E-state index in [0.717, 1.165) is 4.73 Å². The van der Waals surface area contributed by atoms with Crippen molar-refractivity contribution in [2.45, 2.75) is 10.9 Å². The number of benzene rings is 1. The van der Waals surface area contributed by atoms with Crippen LogP contribution in [0.4, 0.5) is 0 Å². The van der Waals surface area contributed by atoms with Gasteiger partial charge in [-0.05, 0) is 12.3 Å². The van der Waals surface area contributed by atoms with Gasteiger partial charge in [0.25, 0.3) is 5.03 Å². The quantitative estimate of drug-likeness (QED) is 0.350. The van der Waals surface area contributed by atoms with Crippen molar-refractivity contribution in [3.05, 3.63) is 35.2 Å². The number of alkyl halides is 1. The van der Waals surface area contributed by atoms with Crippen LogP contribution in [-0.4, -0.2) is 11.2 Å². The lowest BCUT2D eigenvalue weighted by Gasteiger charge is -2.07. The van der Waals surface area contributed by atoms with Gasteiger partial charge in [-0.25, -0.2) is 4.98 Å². The minimum atomic E-state index is 0.253. The number of hydrogen-bond acceptors (Lipinski definition) is 3. The normalized spacial score (nSPS) is 10.8. The van der Waals surface area contributed by atoms with Gasteiger partial charge in [0.1, 0.15) is 11.2 Å². The van der Waals surface area contributed by atoms with Gasteiger partial charge in [0.05, 0.1) is 5.88 Å². The molecule has 0 saturated heterocycles. The number of halogens is 1. The fraction of sp³-hybridized carbons (Fsp3) is 0.200. The maximum Gasteiger partial charge on any atom is 0.274 e. The van der Waals surface area contributed by atoms with E-state index in [4.69, 9.17) is 11.6 Å². The molecule has 3 nitrogen and oxygen atoms in total. The van der Waals surface area contributed by atoms with E-state index in [1.165, 1.54) is 11.8 Å². The van der Waals surface area contributed by atoms with E-state index in [-0.39, 0.29) is 5.88 Å². The summed E-state index contributed by atoms with van der Waals surface area (Å²) in [7, 11) is 0. The summed E-state index contributed by atoms with van der Waals surface area (Å²) in [6.45, 7) is 0. The molecule has 0 aliphatic rings. The van der Waals surface area contributed by atoms with Crippen molar-refractivity contribution in [2.24, 2.45) is 0 Å². The van der Waals surface area contributed by atoms with Crippen molar-refractivity contribution in [3.63, 3.8) is 0 Å². The first-order chi connectivity index (χ1) is 7.27. The minimum absolute atomic E-state index is 0.253. The summed E-state index contributed by atoms with van der Waals surface area (Å²) in [5.74, 6) is 0.253. The Balaban J connectivity index is 2.81. The molecule has 0 fully saturated rings. The van der Waals surface area contributed by atoms with Gasteiger partial charge in [-0.1, -0.05) is 23.9 Å². The Labute approximate surface area is 96.7 Å². The summed E-state index contributed by atoms with van der Waals surface area (Å²) in [6.07, 6.45) is 1.84. The van der Waals surface area contributed by atoms with Gasteiger partial charge >= 0.3 is 0 Å². The molecule has 0 aliphatic heterocycles. The van der Waals surface area contributed by atoms with Crippen molar-refractivity contribution in [1.82, 2.24) is 4.98 Å². The number of thioether (sulfide) groups is 1. The fourth-order valence-corrected chi connectivity index (χ4v) is 2.32. The smallest absolute Gasteiger partial charge is 0.274 e. The van der Waals surface area contributed by atoms with Crippen LogP contribution in [0.3, 0.4) is 0 Å². The van der Waals surface area contributed by atoms with Crippen LogP contribution in [0.1, 0.15) is 5.69 Å². The summed E-state index contributed by atoms with van der Waals surface area (Å²) >= 11 is 7.12. The Kier molecular flexibility index (Phi) is 2.98. The van der Waals surface area contributed by atoms with Gasteiger partial charge in [0, 0.05) is 6.07 Å². The molecule has 5 heteroatoms. The van der Waals surface area contributed by atoms with Gasteiger partial charge in [-0.15, -0.1) is 11.6 Å². The van der Waals surface area contributed by atoms with Gasteiger partial charge in [-0.2, -0.15) is 4.73 Å². The van der Waals surface area contributed by atoms with Crippen molar-refractivity contribution in [1.29, 1.82) is 0 Å². The lowest BCUT2D eigenvalue weighted by molar-refractivity contribution is -0.619. The first-order valence-corrected chi connectivity index (χ1v) is 6.15. The second-order valence-corrected chi connectivity index (χ2v) is 4.05. The second kappa shape index (κ2) is 4.24. The molecule has 78 valence electrons. The maximum atomic E-state index is 11.9. The van der Waals surface area contributed by atoms with Gasteiger partial charge in [0.15, 0.2) is 0 Å². The molecule has 0 spiro atoms. The number of para-hydroxylation sites is 2. The number of nitrogens with zero attached hydrogens (tertiary/aromatic N) is 2. The molecule has 0 saturated carbocycles. The Hall–Kier alpha value is -1.00. The molecular weight excluding hydrogens is 232 g/mol. The topological polar surface area (TPSA) is 39.8 Å². The van der Waals surface area contributed by atoms with E-state index in [9.17, 15) is 5.21 Å². The molecule has 0 amide bonds. The summed E-state index contributed by atoms with van der Waals surface area (Å²) in [5.41, 5.74) is 1.90. The summed E-state index contributed by atoms with van der Waals surface area (Å²) in [6, 6.07) is 7.24. The highest BCUT2D eigenvalue weighted by atomic mass is 35.5. The molecule has 0 N–H and O–H groups in total. The lowest BCUT2D eigenvalue weighted by atomic mass is 10.3. The highest BCUT2D eigenvalue weighted by molar-refractivity contribution is 7.98. The molecule has 0 atom stereocenters. The standard InChI is InChI=1S/C10H9ClN2OS/c1-15-10-8(6-11)12-7-4-2-3-5-9(7)13(10)14/h2-5H,6H2,1H3. The predicted molar refractivity (Wildman–Crippen MR) is 62.0 cm³/mol. The van der Waals surface area contributed by atoms with E-state index in [2.05, 4.69) is 4.98 Å². The zero-order valence-corrected chi connectivity index (χ0v) is 9.68. The summed E-state index contributed by atoms with van der Waals surface area (Å²) < 4.78 is 0.894. The molecule has 0 radical (unpaired) electrons.